The van der Waals surface area contributed by atoms with E-state index in [2.05, 4.69) is 11.1 Å². The Balaban J connectivity index is 1.60. The van der Waals surface area contributed by atoms with E-state index in [1.807, 2.05) is 29.0 Å². The number of hydrogen-bond acceptors (Lipinski definition) is 3. The Morgan fingerprint density at radius 3 is 2.78 bits per heavy atom. The van der Waals surface area contributed by atoms with Gasteiger partial charge in [-0.1, -0.05) is 24.3 Å². The zero-order valence-electron chi connectivity index (χ0n) is 13.3. The van der Waals surface area contributed by atoms with Gasteiger partial charge in [-0.25, -0.2) is 4.98 Å². The summed E-state index contributed by atoms with van der Waals surface area (Å²) in [5.74, 6) is 0. The average molecular weight is 334 g/mol. The molecule has 7 heteroatoms. The van der Waals surface area contributed by atoms with Crippen LogP contribution in [0.25, 0.3) is 0 Å². The van der Waals surface area contributed by atoms with E-state index in [1.54, 1.807) is 23.9 Å². The molecule has 1 aliphatic rings. The Hall–Kier alpha value is -1.70. The Labute approximate surface area is 137 Å². The van der Waals surface area contributed by atoms with Gasteiger partial charge in [0.05, 0.1) is 6.33 Å². The normalized spacial score (nSPS) is 15.7. The molecule has 2 heterocycles. The number of fused-ring (bicyclic) bond motifs is 1. The van der Waals surface area contributed by atoms with Gasteiger partial charge >= 0.3 is 0 Å². The van der Waals surface area contributed by atoms with Crippen LogP contribution in [0.2, 0.25) is 0 Å². The summed E-state index contributed by atoms with van der Waals surface area (Å²) in [5, 5.41) is 0. The predicted octanol–water partition coefficient (Wildman–Crippen LogP) is 1.51. The zero-order valence-corrected chi connectivity index (χ0v) is 14.1. The van der Waals surface area contributed by atoms with Crippen LogP contribution in [0.15, 0.2) is 43.0 Å². The monoisotopic (exact) mass is 334 g/mol. The van der Waals surface area contributed by atoms with Gasteiger partial charge in [0.15, 0.2) is 0 Å². The molecular formula is C16H22N4O2S. The van der Waals surface area contributed by atoms with Gasteiger partial charge in [0.1, 0.15) is 0 Å². The van der Waals surface area contributed by atoms with Gasteiger partial charge in [0, 0.05) is 45.6 Å². The minimum atomic E-state index is -3.40. The smallest absolute Gasteiger partial charge is 0.282 e. The molecule has 0 radical (unpaired) electrons. The Bertz CT molecular complexity index is 743. The molecule has 1 aromatic carbocycles. The summed E-state index contributed by atoms with van der Waals surface area (Å²) in [6.45, 7) is 2.27. The van der Waals surface area contributed by atoms with E-state index in [0.717, 1.165) is 24.9 Å². The molecule has 0 spiro atoms. The number of imidazole rings is 1. The van der Waals surface area contributed by atoms with Gasteiger partial charge in [-0.15, -0.1) is 0 Å². The molecule has 23 heavy (non-hydrogen) atoms. The first-order valence-corrected chi connectivity index (χ1v) is 9.21. The first-order valence-electron chi connectivity index (χ1n) is 7.81. The quantitative estimate of drug-likeness (QED) is 0.804. The lowest BCUT2D eigenvalue weighted by atomic mass is 10.0. The highest BCUT2D eigenvalue weighted by molar-refractivity contribution is 7.86. The highest BCUT2D eigenvalue weighted by Crippen LogP contribution is 2.22. The van der Waals surface area contributed by atoms with Crippen LogP contribution in [0.4, 0.5) is 0 Å². The fraction of sp³-hybridized carbons (Fsp3) is 0.438. The maximum Gasteiger partial charge on any atom is 0.282 e. The summed E-state index contributed by atoms with van der Waals surface area (Å²) < 4.78 is 30.4. The lowest BCUT2D eigenvalue weighted by Gasteiger charge is -2.31. The molecule has 3 rings (SSSR count). The van der Waals surface area contributed by atoms with Gasteiger partial charge in [-0.3, -0.25) is 0 Å². The van der Waals surface area contributed by atoms with Gasteiger partial charge in [-0.2, -0.15) is 17.0 Å². The SMILES string of the molecule is CN(CCCn1ccnc1)S(=O)(=O)N1CCc2ccccc2C1. The molecule has 0 fully saturated rings. The number of benzene rings is 1. The third-order valence-corrected chi connectivity index (χ3v) is 6.20. The molecule has 6 nitrogen and oxygen atoms in total. The maximum absolute atomic E-state index is 12.7. The summed E-state index contributed by atoms with van der Waals surface area (Å²) in [7, 11) is -1.75. The fourth-order valence-electron chi connectivity index (χ4n) is 2.87. The predicted molar refractivity (Wildman–Crippen MR) is 88.9 cm³/mol. The van der Waals surface area contributed by atoms with Crippen LogP contribution >= 0.6 is 0 Å². The van der Waals surface area contributed by atoms with Crippen molar-refractivity contribution < 1.29 is 8.42 Å². The Kier molecular flexibility index (Phi) is 4.79. The molecule has 0 saturated carbocycles. The van der Waals surface area contributed by atoms with E-state index in [4.69, 9.17) is 0 Å². The molecule has 124 valence electrons. The molecule has 0 unspecified atom stereocenters. The van der Waals surface area contributed by atoms with Crippen molar-refractivity contribution in [1.29, 1.82) is 0 Å². The van der Waals surface area contributed by atoms with Crippen molar-refractivity contribution in [2.75, 3.05) is 20.1 Å². The molecule has 1 aliphatic heterocycles. The second-order valence-corrected chi connectivity index (χ2v) is 7.87. The van der Waals surface area contributed by atoms with Crippen molar-refractivity contribution in [2.45, 2.75) is 25.9 Å². The zero-order chi connectivity index (χ0) is 16.3. The number of aryl methyl sites for hydroxylation is 1. The van der Waals surface area contributed by atoms with Crippen LogP contribution in [0.3, 0.4) is 0 Å². The lowest BCUT2D eigenvalue weighted by molar-refractivity contribution is 0.340. The molecule has 1 aromatic heterocycles. The number of nitrogens with zero attached hydrogens (tertiary/aromatic N) is 4. The first kappa shape index (κ1) is 16.2. The molecule has 0 atom stereocenters. The Morgan fingerprint density at radius 1 is 1.26 bits per heavy atom. The molecular weight excluding hydrogens is 312 g/mol. The summed E-state index contributed by atoms with van der Waals surface area (Å²) in [6, 6.07) is 8.05. The molecule has 0 saturated heterocycles. The van der Waals surface area contributed by atoms with Crippen molar-refractivity contribution in [2.24, 2.45) is 0 Å². The Morgan fingerprint density at radius 2 is 2.04 bits per heavy atom. The molecule has 0 N–H and O–H groups in total. The fourth-order valence-corrected chi connectivity index (χ4v) is 4.25. The van der Waals surface area contributed by atoms with Crippen molar-refractivity contribution in [3.63, 3.8) is 0 Å². The highest BCUT2D eigenvalue weighted by atomic mass is 32.2. The first-order chi connectivity index (χ1) is 11.1. The van der Waals surface area contributed by atoms with E-state index < -0.39 is 10.2 Å². The second-order valence-electron chi connectivity index (χ2n) is 5.84. The van der Waals surface area contributed by atoms with Crippen molar-refractivity contribution in [3.05, 3.63) is 54.1 Å². The summed E-state index contributed by atoms with van der Waals surface area (Å²) in [6.07, 6.45) is 6.90. The molecule has 0 amide bonds. The van der Waals surface area contributed by atoms with Crippen LogP contribution in [-0.2, 0) is 29.7 Å². The molecule has 2 aromatic rings. The van der Waals surface area contributed by atoms with E-state index in [9.17, 15) is 8.42 Å². The van der Waals surface area contributed by atoms with Crippen LogP contribution in [0.5, 0.6) is 0 Å². The van der Waals surface area contributed by atoms with E-state index in [1.165, 1.54) is 9.87 Å². The van der Waals surface area contributed by atoms with Gasteiger partial charge in [0.25, 0.3) is 10.2 Å². The summed E-state index contributed by atoms with van der Waals surface area (Å²) >= 11 is 0. The highest BCUT2D eigenvalue weighted by Gasteiger charge is 2.29. The largest absolute Gasteiger partial charge is 0.337 e. The maximum atomic E-state index is 12.7. The topological polar surface area (TPSA) is 58.4 Å². The summed E-state index contributed by atoms with van der Waals surface area (Å²) in [5.41, 5.74) is 2.36. The minimum Gasteiger partial charge on any atom is -0.337 e. The third-order valence-electron chi connectivity index (χ3n) is 4.26. The molecule has 0 aliphatic carbocycles. The van der Waals surface area contributed by atoms with Crippen LogP contribution in [0.1, 0.15) is 17.5 Å². The number of aromatic nitrogens is 2. The molecule has 0 bridgehead atoms. The van der Waals surface area contributed by atoms with Crippen LogP contribution in [0, 0.1) is 0 Å². The van der Waals surface area contributed by atoms with Gasteiger partial charge in [-0.05, 0) is 24.0 Å². The van der Waals surface area contributed by atoms with Crippen molar-refractivity contribution in [3.8, 4) is 0 Å². The minimum absolute atomic E-state index is 0.463. The van der Waals surface area contributed by atoms with Gasteiger partial charge < -0.3 is 4.57 Å². The average Bonchev–Trinajstić information content (AvgIpc) is 3.07. The van der Waals surface area contributed by atoms with Crippen molar-refractivity contribution >= 4 is 10.2 Å². The van der Waals surface area contributed by atoms with E-state index in [-0.39, 0.29) is 0 Å². The summed E-state index contributed by atoms with van der Waals surface area (Å²) in [4.78, 5) is 3.99. The van der Waals surface area contributed by atoms with E-state index >= 15 is 0 Å². The standard InChI is InChI=1S/C16H22N4O2S/c1-18(9-4-10-19-12-8-17-14-19)23(21,22)20-11-7-15-5-2-3-6-16(15)13-20/h2-3,5-6,8,12,14H,4,7,9-11,13H2,1H3. The van der Waals surface area contributed by atoms with Crippen LogP contribution in [-0.4, -0.2) is 46.7 Å². The number of rotatable bonds is 6. The number of hydrogen-bond donors (Lipinski definition) is 0. The van der Waals surface area contributed by atoms with Gasteiger partial charge in [0.2, 0.25) is 0 Å². The lowest BCUT2D eigenvalue weighted by Crippen LogP contribution is -2.44. The van der Waals surface area contributed by atoms with Crippen molar-refractivity contribution in [1.82, 2.24) is 18.2 Å². The second kappa shape index (κ2) is 6.82. The third kappa shape index (κ3) is 3.63. The van der Waals surface area contributed by atoms with Crippen LogP contribution < -0.4 is 0 Å². The van der Waals surface area contributed by atoms with E-state index in [0.29, 0.717) is 19.6 Å².